The Hall–Kier alpha value is -2.41. The molecule has 1 atom stereocenters. The Morgan fingerprint density at radius 2 is 1.87 bits per heavy atom. The second kappa shape index (κ2) is 10.6. The van der Waals surface area contributed by atoms with Gasteiger partial charge in [0.05, 0.1) is 0 Å². The van der Waals surface area contributed by atoms with Crippen LogP contribution < -0.4 is 5.32 Å². The van der Waals surface area contributed by atoms with Crippen LogP contribution in [0.5, 0.6) is 0 Å². The van der Waals surface area contributed by atoms with Crippen LogP contribution >= 0.6 is 0 Å². The van der Waals surface area contributed by atoms with Crippen molar-refractivity contribution in [3.05, 3.63) is 35.4 Å². The topological polar surface area (TPSA) is 73.0 Å². The fourth-order valence-electron chi connectivity index (χ4n) is 4.29. The van der Waals surface area contributed by atoms with Crippen LogP contribution in [0.3, 0.4) is 0 Å². The summed E-state index contributed by atoms with van der Waals surface area (Å²) in [7, 11) is 0. The van der Waals surface area contributed by atoms with Crippen molar-refractivity contribution in [1.82, 2.24) is 20.0 Å². The maximum atomic E-state index is 12.8. The Morgan fingerprint density at radius 1 is 1.13 bits per heavy atom. The Kier molecular flexibility index (Phi) is 7.85. The van der Waals surface area contributed by atoms with E-state index in [9.17, 15) is 14.4 Å². The van der Waals surface area contributed by atoms with Gasteiger partial charge < -0.3 is 20.0 Å². The van der Waals surface area contributed by atoms with E-state index in [0.717, 1.165) is 50.9 Å². The number of piperidine rings is 1. The van der Waals surface area contributed by atoms with E-state index < -0.39 is 0 Å². The van der Waals surface area contributed by atoms with Crippen LogP contribution in [-0.4, -0.2) is 77.7 Å². The smallest absolute Gasteiger partial charge is 0.251 e. The molecule has 0 aliphatic carbocycles. The molecule has 1 aromatic rings. The Morgan fingerprint density at radius 3 is 2.57 bits per heavy atom. The van der Waals surface area contributed by atoms with Crippen LogP contribution in [0.15, 0.2) is 24.3 Å². The third kappa shape index (κ3) is 5.39. The summed E-state index contributed by atoms with van der Waals surface area (Å²) in [6.07, 6.45) is 3.66. The first-order valence-corrected chi connectivity index (χ1v) is 11.2. The average molecular weight is 415 g/mol. The standard InChI is InChI=1S/C23H34N4O3/c1-3-25(4-2)14-7-13-24-22(29)19-11-9-18(10-12-19)16-26-17-21(28)27-15-6-5-8-20(27)23(26)30/h9-12,20H,3-8,13-17H2,1-2H3,(H,24,29). The predicted molar refractivity (Wildman–Crippen MR) is 116 cm³/mol. The van der Waals surface area contributed by atoms with E-state index in [4.69, 9.17) is 0 Å². The molecule has 0 saturated carbocycles. The van der Waals surface area contributed by atoms with Gasteiger partial charge in [-0.05, 0) is 63.0 Å². The molecule has 3 amide bonds. The lowest BCUT2D eigenvalue weighted by Gasteiger charge is -2.42. The Labute approximate surface area is 179 Å². The highest BCUT2D eigenvalue weighted by molar-refractivity contribution is 5.95. The van der Waals surface area contributed by atoms with E-state index in [1.54, 1.807) is 21.9 Å². The van der Waals surface area contributed by atoms with E-state index in [1.165, 1.54) is 0 Å². The van der Waals surface area contributed by atoms with Crippen molar-refractivity contribution < 1.29 is 14.4 Å². The summed E-state index contributed by atoms with van der Waals surface area (Å²) in [5.74, 6) is 0.00695. The highest BCUT2D eigenvalue weighted by atomic mass is 16.2. The third-order valence-corrected chi connectivity index (χ3v) is 6.17. The molecule has 1 unspecified atom stereocenters. The largest absolute Gasteiger partial charge is 0.352 e. The van der Waals surface area contributed by atoms with E-state index in [0.29, 0.717) is 25.2 Å². The molecule has 3 rings (SSSR count). The van der Waals surface area contributed by atoms with Crippen molar-refractivity contribution in [2.75, 3.05) is 39.3 Å². The third-order valence-electron chi connectivity index (χ3n) is 6.17. The van der Waals surface area contributed by atoms with Gasteiger partial charge in [-0.15, -0.1) is 0 Å². The highest BCUT2D eigenvalue weighted by Gasteiger charge is 2.40. The predicted octanol–water partition coefficient (Wildman–Crippen LogP) is 1.87. The minimum absolute atomic E-state index is 0.0417. The molecule has 2 fully saturated rings. The molecule has 0 bridgehead atoms. The average Bonchev–Trinajstić information content (AvgIpc) is 2.78. The molecule has 7 nitrogen and oxygen atoms in total. The lowest BCUT2D eigenvalue weighted by atomic mass is 9.98. The molecule has 164 valence electrons. The molecule has 30 heavy (non-hydrogen) atoms. The molecule has 2 saturated heterocycles. The van der Waals surface area contributed by atoms with Gasteiger partial charge in [-0.2, -0.15) is 0 Å². The van der Waals surface area contributed by atoms with Gasteiger partial charge in [0.1, 0.15) is 12.6 Å². The summed E-state index contributed by atoms with van der Waals surface area (Å²) in [6.45, 7) is 9.20. The SMILES string of the molecule is CCN(CC)CCCNC(=O)c1ccc(CN2CC(=O)N3CCCCC3C2=O)cc1. The minimum atomic E-state index is -0.290. The zero-order chi connectivity index (χ0) is 21.5. The number of piperazine rings is 1. The molecule has 1 N–H and O–H groups in total. The Bertz CT molecular complexity index is 745. The molecular weight excluding hydrogens is 380 g/mol. The summed E-state index contributed by atoms with van der Waals surface area (Å²) in [6, 6.07) is 7.03. The first-order chi connectivity index (χ1) is 14.5. The molecule has 7 heteroatoms. The maximum absolute atomic E-state index is 12.8. The van der Waals surface area contributed by atoms with E-state index in [2.05, 4.69) is 24.1 Å². The van der Waals surface area contributed by atoms with E-state index in [1.807, 2.05) is 12.1 Å². The van der Waals surface area contributed by atoms with Crippen LogP contribution in [0, 0.1) is 0 Å². The van der Waals surface area contributed by atoms with Gasteiger partial charge in [0.15, 0.2) is 0 Å². The molecule has 0 aromatic heterocycles. The maximum Gasteiger partial charge on any atom is 0.251 e. The van der Waals surface area contributed by atoms with Crippen LogP contribution in [0.25, 0.3) is 0 Å². The summed E-state index contributed by atoms with van der Waals surface area (Å²) in [4.78, 5) is 43.3. The van der Waals surface area contributed by atoms with Crippen molar-refractivity contribution >= 4 is 17.7 Å². The monoisotopic (exact) mass is 414 g/mol. The number of rotatable bonds is 9. The lowest BCUT2D eigenvalue weighted by Crippen LogP contribution is -2.60. The molecule has 2 aliphatic heterocycles. The number of hydrogen-bond donors (Lipinski definition) is 1. The van der Waals surface area contributed by atoms with Gasteiger partial charge in [0, 0.05) is 25.2 Å². The molecule has 2 aliphatic rings. The van der Waals surface area contributed by atoms with Gasteiger partial charge in [0.2, 0.25) is 11.8 Å². The van der Waals surface area contributed by atoms with Crippen molar-refractivity contribution in [1.29, 1.82) is 0 Å². The highest BCUT2D eigenvalue weighted by Crippen LogP contribution is 2.24. The summed E-state index contributed by atoms with van der Waals surface area (Å²) >= 11 is 0. The number of fused-ring (bicyclic) bond motifs is 1. The summed E-state index contributed by atoms with van der Waals surface area (Å²) in [5.41, 5.74) is 1.54. The second-order valence-electron chi connectivity index (χ2n) is 8.13. The molecule has 1 aromatic carbocycles. The Balaban J connectivity index is 1.50. The molecule has 0 spiro atoms. The van der Waals surface area contributed by atoms with Gasteiger partial charge in [-0.1, -0.05) is 26.0 Å². The van der Waals surface area contributed by atoms with Gasteiger partial charge >= 0.3 is 0 Å². The zero-order valence-electron chi connectivity index (χ0n) is 18.2. The number of benzene rings is 1. The van der Waals surface area contributed by atoms with Crippen molar-refractivity contribution in [3.63, 3.8) is 0 Å². The number of nitrogens with zero attached hydrogens (tertiary/aromatic N) is 3. The van der Waals surface area contributed by atoms with Crippen LogP contribution in [0.4, 0.5) is 0 Å². The number of carbonyl (C=O) groups is 3. The lowest BCUT2D eigenvalue weighted by molar-refractivity contribution is -0.158. The van der Waals surface area contributed by atoms with E-state index in [-0.39, 0.29) is 30.3 Å². The number of hydrogen-bond acceptors (Lipinski definition) is 4. The van der Waals surface area contributed by atoms with Gasteiger partial charge in [-0.3, -0.25) is 14.4 Å². The van der Waals surface area contributed by atoms with Crippen molar-refractivity contribution in [2.45, 2.75) is 52.1 Å². The van der Waals surface area contributed by atoms with Crippen molar-refractivity contribution in [2.24, 2.45) is 0 Å². The molecule has 2 heterocycles. The van der Waals surface area contributed by atoms with Crippen LogP contribution in [-0.2, 0) is 16.1 Å². The van der Waals surface area contributed by atoms with Crippen molar-refractivity contribution in [3.8, 4) is 0 Å². The normalized spacial score (nSPS) is 19.2. The first-order valence-electron chi connectivity index (χ1n) is 11.2. The quantitative estimate of drug-likeness (QED) is 0.626. The number of nitrogens with one attached hydrogen (secondary N) is 1. The first kappa shape index (κ1) is 22.3. The van der Waals surface area contributed by atoms with Gasteiger partial charge in [-0.25, -0.2) is 0 Å². The second-order valence-corrected chi connectivity index (χ2v) is 8.13. The van der Waals surface area contributed by atoms with Crippen LogP contribution in [0.2, 0.25) is 0 Å². The minimum Gasteiger partial charge on any atom is -0.352 e. The zero-order valence-corrected chi connectivity index (χ0v) is 18.2. The number of amides is 3. The molecule has 0 radical (unpaired) electrons. The van der Waals surface area contributed by atoms with E-state index >= 15 is 0 Å². The summed E-state index contributed by atoms with van der Waals surface area (Å²) in [5, 5.41) is 2.97. The molecular formula is C23H34N4O3. The fourth-order valence-corrected chi connectivity index (χ4v) is 4.29. The van der Waals surface area contributed by atoms with Crippen LogP contribution in [0.1, 0.15) is 55.5 Å². The fraction of sp³-hybridized carbons (Fsp3) is 0.609. The summed E-state index contributed by atoms with van der Waals surface area (Å²) < 4.78 is 0. The number of carbonyl (C=O) groups excluding carboxylic acids is 3. The van der Waals surface area contributed by atoms with Gasteiger partial charge in [0.25, 0.3) is 5.91 Å².